The van der Waals surface area contributed by atoms with E-state index in [1.165, 1.54) is 14.2 Å². The molecule has 2 aromatic rings. The van der Waals surface area contributed by atoms with Gasteiger partial charge in [0.2, 0.25) is 0 Å². The number of aromatic nitrogens is 3. The zero-order valence-corrected chi connectivity index (χ0v) is 10.8. The zero-order chi connectivity index (χ0) is 14.5. The maximum atomic E-state index is 11.6. The second kappa shape index (κ2) is 5.83. The molecule has 0 unspecified atom stereocenters. The maximum Gasteiger partial charge on any atom is 0.354 e. The number of benzene rings is 1. The molecule has 104 valence electrons. The average Bonchev–Trinajstić information content (AvgIpc) is 2.94. The number of carbonyl (C=O) groups excluding carboxylic acids is 2. The molecule has 2 rings (SSSR count). The summed E-state index contributed by atoms with van der Waals surface area (Å²) in [4.78, 5) is 22.9. The quantitative estimate of drug-likeness (QED) is 0.622. The van der Waals surface area contributed by atoms with Crippen molar-refractivity contribution in [2.45, 2.75) is 0 Å². The lowest BCUT2D eigenvalue weighted by atomic mass is 10.2. The minimum absolute atomic E-state index is 0.0603. The number of hydrogen-bond donors (Lipinski definition) is 2. The molecule has 0 aliphatic heterocycles. The largest absolute Gasteiger partial charge is 0.466 e. The molecule has 1 heterocycles. The Balaban J connectivity index is 2.37. The summed E-state index contributed by atoms with van der Waals surface area (Å²) in [5, 5.41) is 13.2. The molecule has 1 aromatic heterocycles. The van der Waals surface area contributed by atoms with Crippen LogP contribution >= 0.6 is 0 Å². The van der Waals surface area contributed by atoms with Crippen LogP contribution in [-0.4, -0.2) is 41.6 Å². The van der Waals surface area contributed by atoms with Gasteiger partial charge < -0.3 is 14.8 Å². The highest BCUT2D eigenvalue weighted by Crippen LogP contribution is 2.20. The molecule has 0 spiro atoms. The number of rotatable bonds is 4. The van der Waals surface area contributed by atoms with E-state index in [4.69, 9.17) is 0 Å². The summed E-state index contributed by atoms with van der Waals surface area (Å²) >= 11 is 0. The van der Waals surface area contributed by atoms with E-state index < -0.39 is 11.9 Å². The first-order valence-electron chi connectivity index (χ1n) is 5.60. The Morgan fingerprint density at radius 2 is 2.05 bits per heavy atom. The van der Waals surface area contributed by atoms with E-state index in [1.54, 1.807) is 18.2 Å². The van der Waals surface area contributed by atoms with Crippen molar-refractivity contribution in [3.63, 3.8) is 0 Å². The van der Waals surface area contributed by atoms with Gasteiger partial charge in [-0.3, -0.25) is 0 Å². The summed E-state index contributed by atoms with van der Waals surface area (Å²) in [5.74, 6) is -1.37. The summed E-state index contributed by atoms with van der Waals surface area (Å²) in [6.45, 7) is 0. The summed E-state index contributed by atoms with van der Waals surface area (Å²) < 4.78 is 9.09. The van der Waals surface area contributed by atoms with Gasteiger partial charge in [0.1, 0.15) is 16.7 Å². The van der Waals surface area contributed by atoms with E-state index in [9.17, 15) is 9.59 Å². The van der Waals surface area contributed by atoms with Crippen LogP contribution in [0.25, 0.3) is 11.0 Å². The molecule has 2 N–H and O–H groups in total. The molecule has 0 aliphatic carbocycles. The predicted molar refractivity (Wildman–Crippen MR) is 69.6 cm³/mol. The van der Waals surface area contributed by atoms with E-state index in [-0.39, 0.29) is 5.70 Å². The van der Waals surface area contributed by atoms with Crippen molar-refractivity contribution < 1.29 is 19.1 Å². The van der Waals surface area contributed by atoms with E-state index in [0.29, 0.717) is 16.7 Å². The van der Waals surface area contributed by atoms with E-state index in [0.717, 1.165) is 6.08 Å². The fourth-order valence-corrected chi connectivity index (χ4v) is 1.55. The molecule has 0 saturated carbocycles. The van der Waals surface area contributed by atoms with Crippen molar-refractivity contribution in [3.8, 4) is 0 Å². The normalized spacial score (nSPS) is 11.2. The number of nitrogens with zero attached hydrogens (tertiary/aromatic N) is 2. The summed E-state index contributed by atoms with van der Waals surface area (Å²) in [5.41, 5.74) is 1.61. The van der Waals surface area contributed by atoms with Crippen molar-refractivity contribution in [2.24, 2.45) is 0 Å². The van der Waals surface area contributed by atoms with Gasteiger partial charge in [0, 0.05) is 0 Å². The molecule has 20 heavy (non-hydrogen) atoms. The van der Waals surface area contributed by atoms with E-state index >= 15 is 0 Å². The monoisotopic (exact) mass is 276 g/mol. The number of carbonyl (C=O) groups is 2. The van der Waals surface area contributed by atoms with Crippen LogP contribution in [0.4, 0.5) is 5.69 Å². The molecule has 1 aromatic carbocycles. The molecular formula is C12H12N4O4. The summed E-state index contributed by atoms with van der Waals surface area (Å²) in [7, 11) is 2.43. The topological polar surface area (TPSA) is 106 Å². The number of hydrogen-bond acceptors (Lipinski definition) is 7. The van der Waals surface area contributed by atoms with Gasteiger partial charge in [-0.2, -0.15) is 15.4 Å². The van der Waals surface area contributed by atoms with E-state index in [2.05, 4.69) is 30.2 Å². The molecular weight excluding hydrogens is 264 g/mol. The highest BCUT2D eigenvalue weighted by molar-refractivity contribution is 6.00. The van der Waals surface area contributed by atoms with Crippen LogP contribution < -0.4 is 5.32 Å². The average molecular weight is 276 g/mol. The van der Waals surface area contributed by atoms with E-state index in [1.807, 2.05) is 0 Å². The van der Waals surface area contributed by atoms with Crippen LogP contribution in [0, 0.1) is 0 Å². The minimum Gasteiger partial charge on any atom is -0.466 e. The number of H-pyrrole nitrogens is 1. The van der Waals surface area contributed by atoms with Crippen LogP contribution in [-0.2, 0) is 19.1 Å². The number of fused-ring (bicyclic) bond motifs is 1. The first-order chi connectivity index (χ1) is 9.65. The second-order valence-electron chi connectivity index (χ2n) is 3.69. The third-order valence-electron chi connectivity index (χ3n) is 2.49. The van der Waals surface area contributed by atoms with Crippen LogP contribution in [0.2, 0.25) is 0 Å². The standard InChI is InChI=1S/C12H12N4O4/c1-19-10(17)6-9(12(18)20-2)13-7-4-3-5-8-11(7)15-16-14-8/h3-6,13H,1-2H3,(H,14,15,16)/b9-6+. The van der Waals surface area contributed by atoms with Crippen molar-refractivity contribution in [1.29, 1.82) is 0 Å². The Morgan fingerprint density at radius 1 is 1.25 bits per heavy atom. The molecule has 0 amide bonds. The van der Waals surface area contributed by atoms with Crippen molar-refractivity contribution in [1.82, 2.24) is 15.4 Å². The Hall–Kier alpha value is -2.90. The molecule has 0 saturated heterocycles. The number of nitrogens with one attached hydrogen (secondary N) is 2. The Kier molecular flexibility index (Phi) is 3.94. The Labute approximate surface area is 113 Å². The molecule has 0 atom stereocenters. The summed E-state index contributed by atoms with van der Waals surface area (Å²) in [6.07, 6.45) is 1.00. The first-order valence-corrected chi connectivity index (χ1v) is 5.60. The fraction of sp³-hybridized carbons (Fsp3) is 0.167. The number of aromatic amines is 1. The van der Waals surface area contributed by atoms with Crippen molar-refractivity contribution in [3.05, 3.63) is 30.0 Å². The van der Waals surface area contributed by atoms with Gasteiger partial charge in [-0.25, -0.2) is 9.59 Å². The van der Waals surface area contributed by atoms with Crippen LogP contribution in [0.5, 0.6) is 0 Å². The van der Waals surface area contributed by atoms with Gasteiger partial charge in [-0.1, -0.05) is 6.07 Å². The lowest BCUT2D eigenvalue weighted by Crippen LogP contribution is -2.15. The Morgan fingerprint density at radius 3 is 2.75 bits per heavy atom. The predicted octanol–water partition coefficient (Wildman–Crippen LogP) is 0.600. The van der Waals surface area contributed by atoms with Crippen LogP contribution in [0.3, 0.4) is 0 Å². The summed E-state index contributed by atoms with van der Waals surface area (Å²) in [6, 6.07) is 5.19. The van der Waals surface area contributed by atoms with Crippen LogP contribution in [0.1, 0.15) is 0 Å². The van der Waals surface area contributed by atoms with Crippen molar-refractivity contribution in [2.75, 3.05) is 19.5 Å². The van der Waals surface area contributed by atoms with Gasteiger partial charge in [0.15, 0.2) is 0 Å². The van der Waals surface area contributed by atoms with Crippen molar-refractivity contribution >= 4 is 28.7 Å². The maximum absolute atomic E-state index is 11.6. The number of ether oxygens (including phenoxy) is 2. The van der Waals surface area contributed by atoms with Crippen LogP contribution in [0.15, 0.2) is 30.0 Å². The minimum atomic E-state index is -0.698. The molecule has 0 aliphatic rings. The number of anilines is 1. The third-order valence-corrected chi connectivity index (χ3v) is 2.49. The smallest absolute Gasteiger partial charge is 0.354 e. The first kappa shape index (κ1) is 13.5. The van der Waals surface area contributed by atoms with Gasteiger partial charge >= 0.3 is 11.9 Å². The SMILES string of the molecule is COC(=O)/C=C(/Nc1cccc2n[nH]nc12)C(=O)OC. The van der Waals surface area contributed by atoms with Gasteiger partial charge in [-0.15, -0.1) is 0 Å². The molecule has 0 radical (unpaired) electrons. The number of methoxy groups -OCH3 is 2. The molecule has 0 bridgehead atoms. The lowest BCUT2D eigenvalue weighted by Gasteiger charge is -2.08. The fourth-order valence-electron chi connectivity index (χ4n) is 1.55. The zero-order valence-electron chi connectivity index (χ0n) is 10.8. The molecule has 8 nitrogen and oxygen atoms in total. The van der Waals surface area contributed by atoms with Gasteiger partial charge in [-0.05, 0) is 12.1 Å². The highest BCUT2D eigenvalue weighted by Gasteiger charge is 2.14. The second-order valence-corrected chi connectivity index (χ2v) is 3.69. The third kappa shape index (κ3) is 2.74. The lowest BCUT2D eigenvalue weighted by molar-refractivity contribution is -0.138. The Bertz CT molecular complexity index is 677. The number of para-hydroxylation sites is 1. The number of esters is 2. The molecule has 0 fully saturated rings. The van der Waals surface area contributed by atoms with Gasteiger partial charge in [0.05, 0.1) is 26.0 Å². The highest BCUT2D eigenvalue weighted by atomic mass is 16.5. The van der Waals surface area contributed by atoms with Gasteiger partial charge in [0.25, 0.3) is 0 Å². The molecule has 8 heteroatoms.